The van der Waals surface area contributed by atoms with Crippen LogP contribution in [0.1, 0.15) is 45.4 Å². The SMILES string of the molecule is CC(C)(C)OC(=O)N1CCC[C@H]1C(O[Si](C)(C)C)c1ccon1. The van der Waals surface area contributed by atoms with Crippen molar-refractivity contribution in [1.29, 1.82) is 0 Å². The average molecular weight is 340 g/mol. The monoisotopic (exact) mass is 340 g/mol. The molecular weight excluding hydrogens is 312 g/mol. The van der Waals surface area contributed by atoms with E-state index in [0.717, 1.165) is 18.5 Å². The van der Waals surface area contributed by atoms with E-state index >= 15 is 0 Å². The molecule has 1 fully saturated rings. The van der Waals surface area contributed by atoms with Crippen LogP contribution in [0.25, 0.3) is 0 Å². The fourth-order valence-corrected chi connectivity index (χ4v) is 3.78. The first-order chi connectivity index (χ1) is 10.6. The van der Waals surface area contributed by atoms with Crippen molar-refractivity contribution in [3.05, 3.63) is 18.0 Å². The maximum Gasteiger partial charge on any atom is 0.410 e. The number of amides is 1. The van der Waals surface area contributed by atoms with Crippen LogP contribution < -0.4 is 0 Å². The molecule has 2 atom stereocenters. The molecule has 0 spiro atoms. The minimum absolute atomic E-state index is 0.0679. The van der Waals surface area contributed by atoms with Crippen LogP contribution in [0.3, 0.4) is 0 Å². The quantitative estimate of drug-likeness (QED) is 0.776. The van der Waals surface area contributed by atoms with Crippen molar-refractivity contribution < 1.29 is 18.5 Å². The first kappa shape index (κ1) is 18.0. The summed E-state index contributed by atoms with van der Waals surface area (Å²) in [5.74, 6) is 0. The predicted molar refractivity (Wildman–Crippen MR) is 89.6 cm³/mol. The molecule has 7 heteroatoms. The molecule has 0 aliphatic carbocycles. The summed E-state index contributed by atoms with van der Waals surface area (Å²) >= 11 is 0. The fourth-order valence-electron chi connectivity index (χ4n) is 2.74. The predicted octanol–water partition coefficient (Wildman–Crippen LogP) is 3.97. The topological polar surface area (TPSA) is 64.8 Å². The van der Waals surface area contributed by atoms with Crippen molar-refractivity contribution in [2.24, 2.45) is 0 Å². The minimum atomic E-state index is -1.82. The van der Waals surface area contributed by atoms with Crippen molar-refractivity contribution in [2.45, 2.75) is 71.0 Å². The van der Waals surface area contributed by atoms with E-state index in [2.05, 4.69) is 24.8 Å². The first-order valence-electron chi connectivity index (χ1n) is 8.14. The molecule has 0 radical (unpaired) electrons. The lowest BCUT2D eigenvalue weighted by Gasteiger charge is -2.35. The Bertz CT molecular complexity index is 519. The zero-order chi connectivity index (χ0) is 17.3. The summed E-state index contributed by atoms with van der Waals surface area (Å²) < 4.78 is 16.9. The van der Waals surface area contributed by atoms with Gasteiger partial charge >= 0.3 is 6.09 Å². The molecule has 0 aromatic carbocycles. The highest BCUT2D eigenvalue weighted by atomic mass is 28.4. The van der Waals surface area contributed by atoms with Crippen LogP contribution in [-0.4, -0.2) is 42.7 Å². The van der Waals surface area contributed by atoms with Gasteiger partial charge < -0.3 is 18.6 Å². The summed E-state index contributed by atoms with van der Waals surface area (Å²) in [5, 5.41) is 4.06. The van der Waals surface area contributed by atoms with Gasteiger partial charge in [0, 0.05) is 12.6 Å². The normalized spacial score (nSPS) is 20.6. The number of ether oxygens (including phenoxy) is 1. The zero-order valence-electron chi connectivity index (χ0n) is 15.0. The number of hydrogen-bond acceptors (Lipinski definition) is 5. The minimum Gasteiger partial charge on any atom is -0.444 e. The van der Waals surface area contributed by atoms with Gasteiger partial charge in [-0.25, -0.2) is 4.79 Å². The summed E-state index contributed by atoms with van der Waals surface area (Å²) in [7, 11) is -1.82. The molecule has 1 saturated heterocycles. The highest BCUT2D eigenvalue weighted by Gasteiger charge is 2.41. The second kappa shape index (κ2) is 6.65. The van der Waals surface area contributed by atoms with Gasteiger partial charge in [-0.1, -0.05) is 5.16 Å². The van der Waals surface area contributed by atoms with Crippen molar-refractivity contribution in [1.82, 2.24) is 10.1 Å². The Balaban J connectivity index is 2.21. The lowest BCUT2D eigenvalue weighted by atomic mass is 10.1. The van der Waals surface area contributed by atoms with Crippen LogP contribution >= 0.6 is 0 Å². The van der Waals surface area contributed by atoms with Crippen molar-refractivity contribution in [2.75, 3.05) is 6.54 Å². The molecule has 130 valence electrons. The molecule has 2 heterocycles. The van der Waals surface area contributed by atoms with Gasteiger partial charge in [0.1, 0.15) is 23.7 Å². The third-order valence-corrected chi connectivity index (χ3v) is 4.47. The summed E-state index contributed by atoms with van der Waals surface area (Å²) in [5.41, 5.74) is 0.237. The molecule has 0 bridgehead atoms. The van der Waals surface area contributed by atoms with Crippen LogP contribution in [0.4, 0.5) is 4.79 Å². The first-order valence-corrected chi connectivity index (χ1v) is 11.6. The van der Waals surface area contributed by atoms with Gasteiger partial charge in [0.05, 0.1) is 6.04 Å². The summed E-state index contributed by atoms with van der Waals surface area (Å²) in [6.45, 7) is 12.7. The molecular formula is C16H28N2O4Si. The van der Waals surface area contributed by atoms with Crippen molar-refractivity contribution >= 4 is 14.4 Å². The maximum absolute atomic E-state index is 12.5. The molecule has 1 aromatic heterocycles. The smallest absolute Gasteiger partial charge is 0.410 e. The molecule has 2 rings (SSSR count). The largest absolute Gasteiger partial charge is 0.444 e. The molecule has 1 aromatic rings. The summed E-state index contributed by atoms with van der Waals surface area (Å²) in [6, 6.07) is 1.75. The van der Waals surface area contributed by atoms with Gasteiger partial charge in [-0.2, -0.15) is 0 Å². The highest BCUT2D eigenvalue weighted by molar-refractivity contribution is 6.69. The Hall–Kier alpha value is -1.34. The molecule has 0 saturated carbocycles. The standard InChI is InChI=1S/C16H28N2O4Si/c1-16(2,3)21-15(19)18-10-7-8-13(18)14(22-23(4,5)6)12-9-11-20-17-12/h9,11,13-14H,7-8,10H2,1-6H3/t13-,14?/m0/s1. The average Bonchev–Trinajstić information content (AvgIpc) is 3.04. The lowest BCUT2D eigenvalue weighted by molar-refractivity contribution is 0.00681. The van der Waals surface area contributed by atoms with E-state index in [-0.39, 0.29) is 18.2 Å². The third-order valence-electron chi connectivity index (χ3n) is 3.51. The Morgan fingerprint density at radius 1 is 1.43 bits per heavy atom. The molecule has 23 heavy (non-hydrogen) atoms. The van der Waals surface area contributed by atoms with E-state index in [0.29, 0.717) is 6.54 Å². The van der Waals surface area contributed by atoms with Gasteiger partial charge in [-0.3, -0.25) is 0 Å². The molecule has 0 N–H and O–H groups in total. The summed E-state index contributed by atoms with van der Waals surface area (Å²) in [4.78, 5) is 14.3. The van der Waals surface area contributed by atoms with E-state index in [4.69, 9.17) is 13.7 Å². The Labute approximate surface area is 139 Å². The molecule has 1 aliphatic heterocycles. The number of nitrogens with zero attached hydrogens (tertiary/aromatic N) is 2. The van der Waals surface area contributed by atoms with E-state index in [1.165, 1.54) is 0 Å². The number of aromatic nitrogens is 1. The van der Waals surface area contributed by atoms with Crippen molar-refractivity contribution in [3.8, 4) is 0 Å². The Kier molecular flexibility index (Phi) is 5.20. The van der Waals surface area contributed by atoms with Gasteiger partial charge in [0.25, 0.3) is 0 Å². The van der Waals surface area contributed by atoms with E-state index < -0.39 is 13.9 Å². The van der Waals surface area contributed by atoms with E-state index in [9.17, 15) is 4.79 Å². The van der Waals surface area contributed by atoms with Gasteiger partial charge in [0.15, 0.2) is 8.32 Å². The number of likely N-dealkylation sites (tertiary alicyclic amines) is 1. The molecule has 6 nitrogen and oxygen atoms in total. The second-order valence-corrected chi connectivity index (χ2v) is 12.4. The van der Waals surface area contributed by atoms with Gasteiger partial charge in [0.2, 0.25) is 0 Å². The number of carbonyl (C=O) groups is 1. The van der Waals surface area contributed by atoms with Crippen LogP contribution in [0.2, 0.25) is 19.6 Å². The van der Waals surface area contributed by atoms with Crippen molar-refractivity contribution in [3.63, 3.8) is 0 Å². The lowest BCUT2D eigenvalue weighted by Crippen LogP contribution is -2.45. The number of rotatable bonds is 4. The Morgan fingerprint density at radius 2 is 2.13 bits per heavy atom. The third kappa shape index (κ3) is 5.07. The molecule has 1 unspecified atom stereocenters. The second-order valence-electron chi connectivity index (χ2n) is 7.96. The Morgan fingerprint density at radius 3 is 2.65 bits per heavy atom. The van der Waals surface area contributed by atoms with Crippen LogP contribution in [0.15, 0.2) is 16.9 Å². The van der Waals surface area contributed by atoms with Gasteiger partial charge in [-0.05, 0) is 53.3 Å². The number of carbonyl (C=O) groups excluding carboxylic acids is 1. The van der Waals surface area contributed by atoms with Crippen LogP contribution in [-0.2, 0) is 9.16 Å². The fraction of sp³-hybridized carbons (Fsp3) is 0.750. The van der Waals surface area contributed by atoms with Crippen LogP contribution in [0.5, 0.6) is 0 Å². The number of hydrogen-bond donors (Lipinski definition) is 0. The molecule has 1 aliphatic rings. The van der Waals surface area contributed by atoms with Crippen LogP contribution in [0, 0.1) is 0 Å². The highest BCUT2D eigenvalue weighted by Crippen LogP contribution is 2.34. The molecule has 1 amide bonds. The van der Waals surface area contributed by atoms with Gasteiger partial charge in [-0.15, -0.1) is 0 Å². The van der Waals surface area contributed by atoms with E-state index in [1.807, 2.05) is 26.8 Å². The zero-order valence-corrected chi connectivity index (χ0v) is 16.0. The summed E-state index contributed by atoms with van der Waals surface area (Å²) in [6.07, 6.45) is 2.81. The van der Waals surface area contributed by atoms with E-state index in [1.54, 1.807) is 11.2 Å². The maximum atomic E-state index is 12.5.